The lowest BCUT2D eigenvalue weighted by Crippen LogP contribution is -2.34. The van der Waals surface area contributed by atoms with Crippen molar-refractivity contribution >= 4 is 11.8 Å². The van der Waals surface area contributed by atoms with E-state index in [2.05, 4.69) is 36.0 Å². The second-order valence-electron chi connectivity index (χ2n) is 6.86. The highest BCUT2D eigenvalue weighted by Crippen LogP contribution is 2.59. The molecule has 0 radical (unpaired) electrons. The summed E-state index contributed by atoms with van der Waals surface area (Å²) in [7, 11) is 0. The zero-order chi connectivity index (χ0) is 12.9. The number of hydrogen-bond acceptors (Lipinski definition) is 2. The second kappa shape index (κ2) is 4.53. The van der Waals surface area contributed by atoms with E-state index in [1.807, 2.05) is 0 Å². The monoisotopic (exact) mass is 274 g/mol. The molecule has 0 amide bonds. The Balaban J connectivity index is 1.51. The fourth-order valence-electron chi connectivity index (χ4n) is 4.89. The lowest BCUT2D eigenvalue weighted by Gasteiger charge is -2.38. The van der Waals surface area contributed by atoms with Crippen LogP contribution in [-0.4, -0.2) is 17.0 Å². The molecule has 1 aromatic rings. The summed E-state index contributed by atoms with van der Waals surface area (Å²) in [6, 6.07) is 8.83. The summed E-state index contributed by atoms with van der Waals surface area (Å²) >= 11 is 2.05. The molecule has 19 heavy (non-hydrogen) atoms. The van der Waals surface area contributed by atoms with Crippen LogP contribution in [0.25, 0.3) is 0 Å². The average Bonchev–Trinajstić information content (AvgIpc) is 3.11. The number of fused-ring (bicyclic) bond motifs is 3. The molecule has 0 aromatic heterocycles. The van der Waals surface area contributed by atoms with Crippen molar-refractivity contribution in [2.24, 2.45) is 17.3 Å². The van der Waals surface area contributed by atoms with Gasteiger partial charge in [-0.2, -0.15) is 0 Å². The molecule has 0 saturated heterocycles. The molecule has 2 heteroatoms. The molecule has 2 fully saturated rings. The normalized spacial score (nSPS) is 39.7. The summed E-state index contributed by atoms with van der Waals surface area (Å²) in [5.41, 5.74) is 1.79. The van der Waals surface area contributed by atoms with Gasteiger partial charge in [-0.1, -0.05) is 24.6 Å². The van der Waals surface area contributed by atoms with Gasteiger partial charge in [0.1, 0.15) is 0 Å². The van der Waals surface area contributed by atoms with Crippen LogP contribution in [0.3, 0.4) is 0 Å². The van der Waals surface area contributed by atoms with Crippen molar-refractivity contribution in [3.63, 3.8) is 0 Å². The maximum Gasteiger partial charge on any atom is 0.0490 e. The van der Waals surface area contributed by atoms with Crippen LogP contribution in [0, 0.1) is 17.3 Å². The molecule has 4 unspecified atom stereocenters. The minimum atomic E-state index is 0.266. The van der Waals surface area contributed by atoms with Gasteiger partial charge < -0.3 is 5.11 Å². The van der Waals surface area contributed by atoms with Gasteiger partial charge in [0.25, 0.3) is 0 Å². The third-order valence-corrected chi connectivity index (χ3v) is 7.08. The molecule has 1 heterocycles. The first-order chi connectivity index (χ1) is 9.29. The number of thioether (sulfide) groups is 1. The molecule has 0 spiro atoms. The minimum Gasteiger partial charge on any atom is -0.396 e. The zero-order valence-corrected chi connectivity index (χ0v) is 12.2. The lowest BCUT2D eigenvalue weighted by molar-refractivity contribution is 0.0561. The molecule has 4 rings (SSSR count). The van der Waals surface area contributed by atoms with Crippen molar-refractivity contribution in [2.75, 3.05) is 6.61 Å². The third-order valence-electron chi connectivity index (χ3n) is 5.77. The number of aliphatic hydroxyl groups excluding tert-OH is 1. The molecule has 4 atom stereocenters. The van der Waals surface area contributed by atoms with E-state index < -0.39 is 0 Å². The van der Waals surface area contributed by atoms with E-state index in [4.69, 9.17) is 0 Å². The van der Waals surface area contributed by atoms with Gasteiger partial charge in [-0.05, 0) is 61.0 Å². The Labute approximate surface area is 119 Å². The first kappa shape index (κ1) is 12.3. The van der Waals surface area contributed by atoms with Crippen LogP contribution in [-0.2, 0) is 6.42 Å². The van der Waals surface area contributed by atoms with Gasteiger partial charge in [-0.3, -0.25) is 0 Å². The molecule has 1 aliphatic heterocycles. The summed E-state index contributed by atoms with van der Waals surface area (Å²) in [5.74, 6) is 1.73. The number of aliphatic hydroxyl groups is 1. The highest BCUT2D eigenvalue weighted by Gasteiger charge is 2.51. The van der Waals surface area contributed by atoms with Crippen molar-refractivity contribution in [1.29, 1.82) is 0 Å². The van der Waals surface area contributed by atoms with Gasteiger partial charge in [0, 0.05) is 16.8 Å². The van der Waals surface area contributed by atoms with Crippen molar-refractivity contribution in [1.82, 2.24) is 0 Å². The van der Waals surface area contributed by atoms with Crippen molar-refractivity contribution in [3.8, 4) is 0 Å². The minimum absolute atomic E-state index is 0.266. The van der Waals surface area contributed by atoms with Crippen LogP contribution >= 0.6 is 11.8 Å². The fraction of sp³-hybridized carbons (Fsp3) is 0.647. The maximum absolute atomic E-state index is 10.0. The van der Waals surface area contributed by atoms with E-state index in [-0.39, 0.29) is 5.41 Å². The number of benzene rings is 1. The molecule has 102 valence electrons. The summed E-state index contributed by atoms with van der Waals surface area (Å²) in [4.78, 5) is 1.48. The van der Waals surface area contributed by atoms with Gasteiger partial charge in [0.15, 0.2) is 0 Å². The Bertz CT molecular complexity index is 461. The molecule has 2 bridgehead atoms. The average molecular weight is 274 g/mol. The van der Waals surface area contributed by atoms with Gasteiger partial charge in [0.05, 0.1) is 0 Å². The summed E-state index contributed by atoms with van der Waals surface area (Å²) in [5, 5.41) is 10.7. The van der Waals surface area contributed by atoms with Crippen LogP contribution in [0.5, 0.6) is 0 Å². The second-order valence-corrected chi connectivity index (χ2v) is 8.20. The molecule has 1 N–H and O–H groups in total. The smallest absolute Gasteiger partial charge is 0.0490 e. The molecule has 2 saturated carbocycles. The van der Waals surface area contributed by atoms with Crippen LogP contribution in [0.2, 0.25) is 0 Å². The maximum atomic E-state index is 10.0. The quantitative estimate of drug-likeness (QED) is 0.902. The summed E-state index contributed by atoms with van der Waals surface area (Å²) in [6.45, 7) is 0.418. The SMILES string of the molecule is OCC1(CC2Cc3ccccc3S2)CC2CCC1C2. The third kappa shape index (κ3) is 1.95. The fourth-order valence-corrected chi connectivity index (χ4v) is 6.38. The van der Waals surface area contributed by atoms with Gasteiger partial charge in [-0.15, -0.1) is 11.8 Å². The molecule has 1 aromatic carbocycles. The topological polar surface area (TPSA) is 20.2 Å². The number of hydrogen-bond donors (Lipinski definition) is 1. The van der Waals surface area contributed by atoms with Crippen molar-refractivity contribution in [3.05, 3.63) is 29.8 Å². The van der Waals surface area contributed by atoms with E-state index in [0.29, 0.717) is 11.9 Å². The van der Waals surface area contributed by atoms with Crippen LogP contribution < -0.4 is 0 Å². The Morgan fingerprint density at radius 2 is 2.16 bits per heavy atom. The number of rotatable bonds is 3. The van der Waals surface area contributed by atoms with E-state index in [1.54, 1.807) is 0 Å². The Morgan fingerprint density at radius 3 is 2.84 bits per heavy atom. The van der Waals surface area contributed by atoms with Gasteiger partial charge in [0.2, 0.25) is 0 Å². The van der Waals surface area contributed by atoms with E-state index in [1.165, 1.54) is 49.0 Å². The largest absolute Gasteiger partial charge is 0.396 e. The summed E-state index contributed by atoms with van der Waals surface area (Å²) in [6.07, 6.45) is 7.91. The van der Waals surface area contributed by atoms with E-state index in [0.717, 1.165) is 11.8 Å². The first-order valence-corrected chi connectivity index (χ1v) is 8.52. The first-order valence-electron chi connectivity index (χ1n) is 7.64. The van der Waals surface area contributed by atoms with E-state index in [9.17, 15) is 5.11 Å². The summed E-state index contributed by atoms with van der Waals surface area (Å²) < 4.78 is 0. The Kier molecular flexibility index (Phi) is 2.93. The Morgan fingerprint density at radius 1 is 1.26 bits per heavy atom. The molecule has 1 nitrogen and oxygen atoms in total. The van der Waals surface area contributed by atoms with Crippen molar-refractivity contribution in [2.45, 2.75) is 48.7 Å². The van der Waals surface area contributed by atoms with Crippen molar-refractivity contribution < 1.29 is 5.11 Å². The standard InChI is InChI=1S/C17H22OS/c18-11-17(9-12-5-6-14(17)7-12)10-15-8-13-3-1-2-4-16(13)19-15/h1-4,12,14-15,18H,5-11H2. The van der Waals surface area contributed by atoms with Crippen LogP contribution in [0.15, 0.2) is 29.2 Å². The van der Waals surface area contributed by atoms with Crippen LogP contribution in [0.4, 0.5) is 0 Å². The molecular formula is C17H22OS. The lowest BCUT2D eigenvalue weighted by atomic mass is 9.70. The van der Waals surface area contributed by atoms with Crippen LogP contribution in [0.1, 0.15) is 37.7 Å². The van der Waals surface area contributed by atoms with Gasteiger partial charge >= 0.3 is 0 Å². The molecular weight excluding hydrogens is 252 g/mol. The highest BCUT2D eigenvalue weighted by atomic mass is 32.2. The molecule has 3 aliphatic rings. The van der Waals surface area contributed by atoms with Gasteiger partial charge in [-0.25, -0.2) is 0 Å². The Hall–Kier alpha value is -0.470. The highest BCUT2D eigenvalue weighted by molar-refractivity contribution is 8.00. The zero-order valence-electron chi connectivity index (χ0n) is 11.3. The predicted octanol–water partition coefficient (Wildman–Crippen LogP) is 3.89. The predicted molar refractivity (Wildman–Crippen MR) is 79.4 cm³/mol. The molecule has 2 aliphatic carbocycles. The van der Waals surface area contributed by atoms with E-state index >= 15 is 0 Å².